The average molecular weight is 336 g/mol. The van der Waals surface area contributed by atoms with Crippen LogP contribution in [0, 0.1) is 11.3 Å². The molecule has 0 aliphatic heterocycles. The highest BCUT2D eigenvalue weighted by atomic mass is 127. The molecule has 3 N–H and O–H groups in total. The van der Waals surface area contributed by atoms with E-state index >= 15 is 0 Å². The van der Waals surface area contributed by atoms with Crippen LogP contribution in [0.4, 0.5) is 0 Å². The lowest BCUT2D eigenvalue weighted by atomic mass is 9.82. The summed E-state index contributed by atoms with van der Waals surface area (Å²) in [6, 6.07) is 0. The van der Waals surface area contributed by atoms with Gasteiger partial charge in [-0.15, -0.1) is 0 Å². The van der Waals surface area contributed by atoms with Crippen molar-refractivity contribution < 1.29 is 3.07 Å². The molecular weight excluding hydrogens is 315 g/mol. The van der Waals surface area contributed by atoms with E-state index in [1.54, 1.807) is 0 Å². The van der Waals surface area contributed by atoms with E-state index in [1.807, 2.05) is 36.9 Å². The first-order valence-electron chi connectivity index (χ1n) is 5.83. The average Bonchev–Trinajstić information content (AvgIpc) is 2.16. The highest BCUT2D eigenvalue weighted by Gasteiger charge is 2.23. The number of allylic oxidation sites excluding steroid dienone is 2. The zero-order chi connectivity index (χ0) is 12.1. The Bertz CT molecular complexity index is 285. The molecule has 1 rings (SSSR count). The van der Waals surface area contributed by atoms with Crippen LogP contribution in [0.2, 0.25) is 0 Å². The molecule has 0 amide bonds. The molecule has 0 heterocycles. The summed E-state index contributed by atoms with van der Waals surface area (Å²) >= 11 is 1.99. The summed E-state index contributed by atoms with van der Waals surface area (Å²) < 4.78 is 5.40. The molecule has 4 heteroatoms. The van der Waals surface area contributed by atoms with E-state index in [2.05, 4.69) is 0 Å². The van der Waals surface area contributed by atoms with Crippen molar-refractivity contribution in [2.75, 3.05) is 0 Å². The van der Waals surface area contributed by atoms with Crippen LogP contribution in [0.1, 0.15) is 46.0 Å². The van der Waals surface area contributed by atoms with Gasteiger partial charge in [-0.2, -0.15) is 0 Å². The molecule has 92 valence electrons. The van der Waals surface area contributed by atoms with Gasteiger partial charge in [-0.3, -0.25) is 0 Å². The topological polar surface area (TPSA) is 59.1 Å². The van der Waals surface area contributed by atoms with Crippen molar-refractivity contribution in [3.05, 3.63) is 11.3 Å². The number of nitrogens with two attached hydrogens (primary N) is 1. The lowest BCUT2D eigenvalue weighted by Gasteiger charge is -2.26. The van der Waals surface area contributed by atoms with Gasteiger partial charge in [-0.1, -0.05) is 0 Å². The maximum absolute atomic E-state index is 7.85. The highest BCUT2D eigenvalue weighted by molar-refractivity contribution is 14.1. The van der Waals surface area contributed by atoms with Crippen molar-refractivity contribution in [1.82, 2.24) is 0 Å². The van der Waals surface area contributed by atoms with E-state index in [1.165, 1.54) is 5.57 Å². The zero-order valence-corrected chi connectivity index (χ0v) is 12.2. The van der Waals surface area contributed by atoms with Gasteiger partial charge in [-0.25, -0.2) is 0 Å². The predicted molar refractivity (Wildman–Crippen MR) is 75.8 cm³/mol. The van der Waals surface area contributed by atoms with Crippen molar-refractivity contribution in [1.29, 1.82) is 5.41 Å². The standard InChI is InChI=1S/C12H21IN2O/c1-8(14)11-5-3-4-10(16-13)6-7-12(11)9(2)15/h10-11,14H,3-7,15H2,1-2H3/b12-9-,14-8?. The van der Waals surface area contributed by atoms with Gasteiger partial charge in [0.1, 0.15) is 23.0 Å². The molecule has 1 aliphatic rings. The Morgan fingerprint density at radius 2 is 2.06 bits per heavy atom. The Hall–Kier alpha value is -0.100. The van der Waals surface area contributed by atoms with E-state index in [-0.39, 0.29) is 5.92 Å². The molecule has 1 saturated carbocycles. The molecule has 3 nitrogen and oxygen atoms in total. The van der Waals surface area contributed by atoms with Crippen LogP contribution < -0.4 is 5.73 Å². The normalized spacial score (nSPS) is 30.4. The van der Waals surface area contributed by atoms with Crippen molar-refractivity contribution in [3.8, 4) is 0 Å². The third-order valence-electron chi connectivity index (χ3n) is 3.33. The van der Waals surface area contributed by atoms with Gasteiger partial charge in [-0.05, 0) is 51.5 Å². The van der Waals surface area contributed by atoms with E-state index in [0.717, 1.165) is 43.5 Å². The summed E-state index contributed by atoms with van der Waals surface area (Å²) in [6.45, 7) is 3.84. The lowest BCUT2D eigenvalue weighted by molar-refractivity contribution is 0.236. The smallest absolute Gasteiger partial charge is 0.110 e. The first-order chi connectivity index (χ1) is 7.56. The van der Waals surface area contributed by atoms with Gasteiger partial charge in [0.2, 0.25) is 0 Å². The predicted octanol–water partition coefficient (Wildman–Crippen LogP) is 3.57. The zero-order valence-electron chi connectivity index (χ0n) is 10.1. The third kappa shape index (κ3) is 3.73. The largest absolute Gasteiger partial charge is 0.402 e. The maximum atomic E-state index is 7.85. The minimum absolute atomic E-state index is 0.264. The Balaban J connectivity index is 2.81. The number of rotatable bonds is 2. The summed E-state index contributed by atoms with van der Waals surface area (Å²) in [5.74, 6) is 0.264. The Kier molecular flexibility index (Phi) is 5.75. The summed E-state index contributed by atoms with van der Waals surface area (Å²) in [5.41, 5.74) is 8.84. The molecule has 16 heavy (non-hydrogen) atoms. The van der Waals surface area contributed by atoms with Crippen LogP contribution in [-0.2, 0) is 3.07 Å². The first kappa shape index (κ1) is 14.0. The molecule has 0 saturated heterocycles. The molecule has 2 atom stereocenters. The molecule has 2 unspecified atom stereocenters. The Morgan fingerprint density at radius 1 is 1.38 bits per heavy atom. The molecule has 0 aromatic carbocycles. The fraction of sp³-hybridized carbons (Fsp3) is 0.750. The number of hydrogen-bond donors (Lipinski definition) is 2. The number of halogens is 1. The Morgan fingerprint density at radius 3 is 2.56 bits per heavy atom. The van der Waals surface area contributed by atoms with Crippen molar-refractivity contribution in [2.45, 2.75) is 52.1 Å². The monoisotopic (exact) mass is 336 g/mol. The van der Waals surface area contributed by atoms with Gasteiger partial charge < -0.3 is 14.2 Å². The van der Waals surface area contributed by atoms with Crippen LogP contribution in [0.25, 0.3) is 0 Å². The molecule has 1 fully saturated rings. The van der Waals surface area contributed by atoms with Crippen LogP contribution in [-0.4, -0.2) is 11.8 Å². The summed E-state index contributed by atoms with van der Waals surface area (Å²) in [7, 11) is 0. The van der Waals surface area contributed by atoms with Gasteiger partial charge in [0.25, 0.3) is 0 Å². The molecule has 0 radical (unpaired) electrons. The number of hydrogen-bond acceptors (Lipinski definition) is 3. The van der Waals surface area contributed by atoms with Crippen molar-refractivity contribution in [2.24, 2.45) is 11.7 Å². The van der Waals surface area contributed by atoms with Crippen LogP contribution in [0.5, 0.6) is 0 Å². The van der Waals surface area contributed by atoms with E-state index in [9.17, 15) is 0 Å². The Labute approximate surface area is 112 Å². The summed E-state index contributed by atoms with van der Waals surface area (Å²) in [4.78, 5) is 0. The fourth-order valence-electron chi connectivity index (χ4n) is 2.40. The molecule has 0 aromatic heterocycles. The lowest BCUT2D eigenvalue weighted by Crippen LogP contribution is -2.22. The molecular formula is C12H21IN2O. The van der Waals surface area contributed by atoms with E-state index in [4.69, 9.17) is 14.2 Å². The minimum Gasteiger partial charge on any atom is -0.402 e. The molecule has 1 aliphatic carbocycles. The van der Waals surface area contributed by atoms with Crippen molar-refractivity contribution >= 4 is 28.7 Å². The van der Waals surface area contributed by atoms with Gasteiger partial charge in [0.15, 0.2) is 0 Å². The quantitative estimate of drug-likeness (QED) is 0.598. The van der Waals surface area contributed by atoms with Crippen LogP contribution in [0.15, 0.2) is 11.3 Å². The SMILES string of the molecule is CC(=N)C1CCCC(OI)CC/C1=C(\C)N. The van der Waals surface area contributed by atoms with Crippen LogP contribution in [0.3, 0.4) is 0 Å². The first-order valence-corrected chi connectivity index (χ1v) is 6.72. The molecule has 0 aromatic rings. The maximum Gasteiger partial charge on any atom is 0.110 e. The minimum atomic E-state index is 0.264. The highest BCUT2D eigenvalue weighted by Crippen LogP contribution is 2.31. The van der Waals surface area contributed by atoms with E-state index in [0.29, 0.717) is 6.10 Å². The van der Waals surface area contributed by atoms with Gasteiger partial charge >= 0.3 is 0 Å². The van der Waals surface area contributed by atoms with Gasteiger partial charge in [0.05, 0.1) is 6.10 Å². The molecule has 0 bridgehead atoms. The van der Waals surface area contributed by atoms with Crippen molar-refractivity contribution in [3.63, 3.8) is 0 Å². The van der Waals surface area contributed by atoms with Crippen LogP contribution >= 0.6 is 23.0 Å². The molecule has 0 spiro atoms. The third-order valence-corrected chi connectivity index (χ3v) is 4.05. The number of nitrogens with one attached hydrogen (secondary N) is 1. The second kappa shape index (κ2) is 6.59. The van der Waals surface area contributed by atoms with Gasteiger partial charge in [0, 0.05) is 17.3 Å². The second-order valence-electron chi connectivity index (χ2n) is 4.62. The van der Waals surface area contributed by atoms with E-state index < -0.39 is 0 Å². The summed E-state index contributed by atoms with van der Waals surface area (Å²) in [6.07, 6.45) is 5.60. The fourth-order valence-corrected chi connectivity index (χ4v) is 2.91. The summed E-state index contributed by atoms with van der Waals surface area (Å²) in [5, 5.41) is 7.85. The second-order valence-corrected chi connectivity index (χ2v) is 5.13.